The van der Waals surface area contributed by atoms with Gasteiger partial charge in [-0.05, 0) is 36.2 Å². The van der Waals surface area contributed by atoms with Crippen LogP contribution in [0.2, 0.25) is 10.0 Å². The van der Waals surface area contributed by atoms with Crippen LogP contribution < -0.4 is 5.32 Å². The molecule has 1 atom stereocenters. The molecule has 1 unspecified atom stereocenters. The van der Waals surface area contributed by atoms with Crippen molar-refractivity contribution in [2.75, 3.05) is 0 Å². The lowest BCUT2D eigenvalue weighted by Crippen LogP contribution is -2.37. The van der Waals surface area contributed by atoms with E-state index in [1.165, 1.54) is 24.3 Å². The lowest BCUT2D eigenvalue weighted by Gasteiger charge is -2.14. The number of hydrogen-bond acceptors (Lipinski definition) is 3. The molecule has 0 fully saturated rings. The number of phenols is 1. The number of carbonyl (C=O) groups excluding carboxylic acids is 2. The van der Waals surface area contributed by atoms with E-state index in [0.717, 1.165) is 6.07 Å². The molecule has 0 heterocycles. The largest absolute Gasteiger partial charge is 0.505 e. The summed E-state index contributed by atoms with van der Waals surface area (Å²) in [6.07, 6.45) is 0.599. The minimum Gasteiger partial charge on any atom is -0.505 e. The average molecular weight is 356 g/mol. The molecule has 23 heavy (non-hydrogen) atoms. The molecule has 0 saturated carbocycles. The minimum absolute atomic E-state index is 0.0640. The Morgan fingerprint density at radius 2 is 1.91 bits per heavy atom. The first-order chi connectivity index (χ1) is 10.9. The van der Waals surface area contributed by atoms with Gasteiger partial charge in [0.1, 0.15) is 6.29 Å². The van der Waals surface area contributed by atoms with Crippen LogP contribution in [0.5, 0.6) is 5.75 Å². The van der Waals surface area contributed by atoms with Crippen molar-refractivity contribution in [3.8, 4) is 5.75 Å². The van der Waals surface area contributed by atoms with E-state index < -0.39 is 23.5 Å². The number of rotatable bonds is 5. The summed E-state index contributed by atoms with van der Waals surface area (Å²) in [6.45, 7) is 0. The molecule has 7 heteroatoms. The third-order valence-corrected chi connectivity index (χ3v) is 3.77. The van der Waals surface area contributed by atoms with E-state index in [9.17, 15) is 14.0 Å². The average Bonchev–Trinajstić information content (AvgIpc) is 2.50. The fraction of sp³-hybridized carbons (Fsp3) is 0.125. The molecule has 0 spiro atoms. The van der Waals surface area contributed by atoms with Crippen LogP contribution in [0.25, 0.3) is 0 Å². The summed E-state index contributed by atoms with van der Waals surface area (Å²) < 4.78 is 13.3. The van der Waals surface area contributed by atoms with E-state index in [1.807, 2.05) is 0 Å². The highest BCUT2D eigenvalue weighted by Gasteiger charge is 2.19. The molecule has 0 bridgehead atoms. The van der Waals surface area contributed by atoms with Gasteiger partial charge in [0.15, 0.2) is 11.6 Å². The van der Waals surface area contributed by atoms with Gasteiger partial charge in [-0.1, -0.05) is 35.3 Å². The Morgan fingerprint density at radius 1 is 1.26 bits per heavy atom. The third-order valence-electron chi connectivity index (χ3n) is 3.14. The van der Waals surface area contributed by atoms with Crippen LogP contribution in [-0.4, -0.2) is 23.3 Å². The van der Waals surface area contributed by atoms with Gasteiger partial charge < -0.3 is 15.2 Å². The van der Waals surface area contributed by atoms with Crippen molar-refractivity contribution in [2.24, 2.45) is 0 Å². The molecule has 1 amide bonds. The van der Waals surface area contributed by atoms with Crippen LogP contribution in [0.3, 0.4) is 0 Å². The fourth-order valence-electron chi connectivity index (χ4n) is 2.02. The topological polar surface area (TPSA) is 66.4 Å². The van der Waals surface area contributed by atoms with Gasteiger partial charge in [0.05, 0.1) is 21.7 Å². The van der Waals surface area contributed by atoms with Gasteiger partial charge in [-0.15, -0.1) is 0 Å². The van der Waals surface area contributed by atoms with Crippen LogP contribution in [0.4, 0.5) is 4.39 Å². The number of carbonyl (C=O) groups is 2. The number of phenolic OH excluding ortho intramolecular Hbond substituents is 1. The number of hydrogen-bond donors (Lipinski definition) is 2. The molecule has 2 aromatic rings. The van der Waals surface area contributed by atoms with Crippen molar-refractivity contribution < 1.29 is 19.1 Å². The first kappa shape index (κ1) is 17.2. The van der Waals surface area contributed by atoms with Crippen LogP contribution >= 0.6 is 23.2 Å². The highest BCUT2D eigenvalue weighted by Crippen LogP contribution is 2.24. The van der Waals surface area contributed by atoms with E-state index in [2.05, 4.69) is 5.32 Å². The van der Waals surface area contributed by atoms with Crippen LogP contribution in [-0.2, 0) is 11.2 Å². The Hall–Kier alpha value is -2.11. The molecule has 0 aromatic heterocycles. The van der Waals surface area contributed by atoms with Crippen LogP contribution in [0.15, 0.2) is 36.4 Å². The molecule has 2 aromatic carbocycles. The molecule has 0 aliphatic rings. The van der Waals surface area contributed by atoms with E-state index in [1.54, 1.807) is 6.07 Å². The summed E-state index contributed by atoms with van der Waals surface area (Å²) in [5, 5.41) is 12.0. The molecule has 0 saturated heterocycles. The number of nitrogens with one attached hydrogen (secondary N) is 1. The summed E-state index contributed by atoms with van der Waals surface area (Å²) in [6, 6.07) is 7.46. The number of benzene rings is 2. The van der Waals surface area contributed by atoms with Crippen molar-refractivity contribution >= 4 is 35.4 Å². The zero-order valence-electron chi connectivity index (χ0n) is 11.7. The summed E-state index contributed by atoms with van der Waals surface area (Å²) in [4.78, 5) is 23.4. The van der Waals surface area contributed by atoms with Gasteiger partial charge in [-0.25, -0.2) is 4.39 Å². The summed E-state index contributed by atoms with van der Waals surface area (Å²) in [7, 11) is 0. The molecule has 0 aliphatic heterocycles. The number of aromatic hydroxyl groups is 1. The van der Waals surface area contributed by atoms with Crippen molar-refractivity contribution in [1.29, 1.82) is 0 Å². The summed E-state index contributed by atoms with van der Waals surface area (Å²) in [5.74, 6) is -1.88. The lowest BCUT2D eigenvalue weighted by atomic mass is 10.1. The predicted octanol–water partition coefficient (Wildman–Crippen LogP) is 3.38. The summed E-state index contributed by atoms with van der Waals surface area (Å²) >= 11 is 11.9. The Balaban J connectivity index is 2.14. The molecular weight excluding hydrogens is 344 g/mol. The molecule has 2 N–H and O–H groups in total. The smallest absolute Gasteiger partial charge is 0.254 e. The fourth-order valence-corrected chi connectivity index (χ4v) is 2.59. The first-order valence-electron chi connectivity index (χ1n) is 6.60. The Bertz CT molecular complexity index is 732. The van der Waals surface area contributed by atoms with Gasteiger partial charge in [-0.2, -0.15) is 0 Å². The number of halogens is 3. The molecular formula is C16H12Cl2FNO3. The van der Waals surface area contributed by atoms with E-state index in [-0.39, 0.29) is 22.0 Å². The molecule has 0 radical (unpaired) electrons. The monoisotopic (exact) mass is 355 g/mol. The number of amides is 1. The maximum atomic E-state index is 13.3. The Kier molecular flexibility index (Phi) is 5.58. The van der Waals surface area contributed by atoms with Crippen molar-refractivity contribution in [2.45, 2.75) is 12.5 Å². The van der Waals surface area contributed by atoms with Gasteiger partial charge >= 0.3 is 0 Å². The highest BCUT2D eigenvalue weighted by molar-refractivity contribution is 6.39. The summed E-state index contributed by atoms with van der Waals surface area (Å²) in [5.41, 5.74) is 0.516. The van der Waals surface area contributed by atoms with Crippen molar-refractivity contribution in [3.63, 3.8) is 0 Å². The molecule has 4 nitrogen and oxygen atoms in total. The zero-order chi connectivity index (χ0) is 17.0. The second-order valence-electron chi connectivity index (χ2n) is 4.80. The minimum atomic E-state index is -0.890. The molecule has 0 aliphatic carbocycles. The highest BCUT2D eigenvalue weighted by atomic mass is 35.5. The standard InChI is InChI=1S/C16H12Cl2FNO3/c17-11-2-1-3-12(18)15(11)16(23)20-10(8-21)6-9-4-5-14(22)13(19)7-9/h1-5,7-8,10,22H,6H2,(H,20,23). The Morgan fingerprint density at radius 3 is 2.48 bits per heavy atom. The van der Waals surface area contributed by atoms with Gasteiger partial charge in [0.2, 0.25) is 0 Å². The Labute approximate surface area is 141 Å². The normalized spacial score (nSPS) is 11.8. The second kappa shape index (κ2) is 7.44. The third kappa shape index (κ3) is 4.21. The first-order valence-corrected chi connectivity index (χ1v) is 7.35. The van der Waals surface area contributed by atoms with Crippen molar-refractivity contribution in [1.82, 2.24) is 5.32 Å². The van der Waals surface area contributed by atoms with E-state index >= 15 is 0 Å². The van der Waals surface area contributed by atoms with Crippen LogP contribution in [0, 0.1) is 5.82 Å². The van der Waals surface area contributed by atoms with Crippen molar-refractivity contribution in [3.05, 3.63) is 63.4 Å². The quantitative estimate of drug-likeness (QED) is 0.808. The molecule has 2 rings (SSSR count). The van der Waals surface area contributed by atoms with E-state index in [0.29, 0.717) is 11.8 Å². The van der Waals surface area contributed by atoms with Gasteiger partial charge in [0.25, 0.3) is 5.91 Å². The van der Waals surface area contributed by atoms with Gasteiger partial charge in [-0.3, -0.25) is 4.79 Å². The second-order valence-corrected chi connectivity index (χ2v) is 5.62. The lowest BCUT2D eigenvalue weighted by molar-refractivity contribution is -0.109. The molecule has 120 valence electrons. The SMILES string of the molecule is O=CC(Cc1ccc(O)c(F)c1)NC(=O)c1c(Cl)cccc1Cl. The maximum Gasteiger partial charge on any atom is 0.254 e. The zero-order valence-corrected chi connectivity index (χ0v) is 13.2. The number of aldehydes is 1. The van der Waals surface area contributed by atoms with Gasteiger partial charge in [0, 0.05) is 0 Å². The van der Waals surface area contributed by atoms with E-state index in [4.69, 9.17) is 28.3 Å². The van der Waals surface area contributed by atoms with Crippen LogP contribution in [0.1, 0.15) is 15.9 Å². The predicted molar refractivity (Wildman–Crippen MR) is 85.5 cm³/mol. The maximum absolute atomic E-state index is 13.3.